The van der Waals surface area contributed by atoms with Gasteiger partial charge in [0, 0.05) is 0 Å². The molecular formula is C10H18OSi. The summed E-state index contributed by atoms with van der Waals surface area (Å²) in [5.41, 5.74) is 1.41. The number of rotatable bonds is 3. The van der Waals surface area contributed by atoms with Crippen molar-refractivity contribution in [3.8, 4) is 0 Å². The molecule has 0 aromatic carbocycles. The number of hydrogen-bond donors (Lipinski definition) is 0. The summed E-state index contributed by atoms with van der Waals surface area (Å²) in [5, 5.41) is 0. The van der Waals surface area contributed by atoms with Crippen LogP contribution in [0.1, 0.15) is 13.3 Å². The molecule has 0 aromatic heterocycles. The quantitative estimate of drug-likeness (QED) is 0.609. The monoisotopic (exact) mass is 182 g/mol. The van der Waals surface area contributed by atoms with Crippen molar-refractivity contribution in [2.24, 2.45) is 0 Å². The van der Waals surface area contributed by atoms with Gasteiger partial charge in [-0.05, 0) is 38.6 Å². The van der Waals surface area contributed by atoms with E-state index in [0.717, 1.165) is 6.42 Å². The maximum Gasteiger partial charge on any atom is 0.184 e. The molecule has 1 rings (SSSR count). The maximum absolute atomic E-state index is 5.95. The molecule has 1 aliphatic rings. The second kappa shape index (κ2) is 3.58. The van der Waals surface area contributed by atoms with Gasteiger partial charge in [-0.2, -0.15) is 0 Å². The van der Waals surface area contributed by atoms with Gasteiger partial charge in [0.25, 0.3) is 0 Å². The largest absolute Gasteiger partial charge is 0.411 e. The Morgan fingerprint density at radius 3 is 2.50 bits per heavy atom. The molecule has 0 aromatic rings. The summed E-state index contributed by atoms with van der Waals surface area (Å²) in [5.74, 6) is 0. The van der Waals surface area contributed by atoms with E-state index in [1.165, 1.54) is 5.57 Å². The van der Waals surface area contributed by atoms with Crippen molar-refractivity contribution >= 4 is 8.32 Å². The van der Waals surface area contributed by atoms with Crippen LogP contribution in [0, 0.1) is 0 Å². The molecule has 0 N–H and O–H groups in total. The van der Waals surface area contributed by atoms with E-state index in [2.05, 4.69) is 44.8 Å². The first-order valence-corrected chi connectivity index (χ1v) is 7.93. The molecule has 0 fully saturated rings. The van der Waals surface area contributed by atoms with Crippen LogP contribution in [-0.2, 0) is 4.43 Å². The van der Waals surface area contributed by atoms with Crippen LogP contribution in [0.5, 0.6) is 0 Å². The fraction of sp³-hybridized carbons (Fsp3) is 0.600. The SMILES string of the molecule is CC(O[Si](C)(C)C)C1=CC=CC1. The van der Waals surface area contributed by atoms with Crippen LogP contribution in [0.25, 0.3) is 0 Å². The van der Waals surface area contributed by atoms with Crippen LogP contribution in [0.15, 0.2) is 23.8 Å². The molecule has 68 valence electrons. The topological polar surface area (TPSA) is 9.23 Å². The van der Waals surface area contributed by atoms with Crippen LogP contribution < -0.4 is 0 Å². The van der Waals surface area contributed by atoms with Gasteiger partial charge < -0.3 is 4.43 Å². The lowest BCUT2D eigenvalue weighted by Crippen LogP contribution is -2.31. The lowest BCUT2D eigenvalue weighted by atomic mass is 10.1. The van der Waals surface area contributed by atoms with Gasteiger partial charge in [-0.1, -0.05) is 18.2 Å². The third-order valence-electron chi connectivity index (χ3n) is 1.85. The fourth-order valence-electron chi connectivity index (χ4n) is 1.37. The highest BCUT2D eigenvalue weighted by Crippen LogP contribution is 2.20. The Bertz CT molecular complexity index is 210. The molecule has 0 saturated heterocycles. The molecule has 0 saturated carbocycles. The Morgan fingerprint density at radius 2 is 2.08 bits per heavy atom. The average Bonchev–Trinajstić information content (AvgIpc) is 2.32. The minimum Gasteiger partial charge on any atom is -0.411 e. The molecule has 0 amide bonds. The predicted octanol–water partition coefficient (Wildman–Crippen LogP) is 3.11. The summed E-state index contributed by atoms with van der Waals surface area (Å²) in [4.78, 5) is 0. The van der Waals surface area contributed by atoms with Crippen molar-refractivity contribution in [3.63, 3.8) is 0 Å². The Hall–Kier alpha value is -0.343. The molecule has 0 bridgehead atoms. The molecular weight excluding hydrogens is 164 g/mol. The molecule has 0 heterocycles. The first-order chi connectivity index (χ1) is 5.49. The third-order valence-corrected chi connectivity index (χ3v) is 2.91. The van der Waals surface area contributed by atoms with E-state index in [9.17, 15) is 0 Å². The Labute approximate surface area is 76.3 Å². The van der Waals surface area contributed by atoms with Crippen LogP contribution >= 0.6 is 0 Å². The summed E-state index contributed by atoms with van der Waals surface area (Å²) in [6.07, 6.45) is 7.85. The van der Waals surface area contributed by atoms with Gasteiger partial charge in [0.05, 0.1) is 6.10 Å². The van der Waals surface area contributed by atoms with Crippen molar-refractivity contribution in [2.75, 3.05) is 0 Å². The zero-order valence-electron chi connectivity index (χ0n) is 8.42. The molecule has 12 heavy (non-hydrogen) atoms. The summed E-state index contributed by atoms with van der Waals surface area (Å²) in [6.45, 7) is 8.84. The Kier molecular flexibility index (Phi) is 2.91. The highest BCUT2D eigenvalue weighted by Gasteiger charge is 2.20. The first-order valence-electron chi connectivity index (χ1n) is 4.52. The zero-order chi connectivity index (χ0) is 9.19. The molecule has 0 aliphatic heterocycles. The minimum atomic E-state index is -1.36. The van der Waals surface area contributed by atoms with E-state index in [0.29, 0.717) is 6.10 Å². The highest BCUT2D eigenvalue weighted by atomic mass is 28.4. The average molecular weight is 182 g/mol. The van der Waals surface area contributed by atoms with Gasteiger partial charge in [0.15, 0.2) is 8.32 Å². The molecule has 1 unspecified atom stereocenters. The molecule has 1 atom stereocenters. The Balaban J connectivity index is 2.44. The lowest BCUT2D eigenvalue weighted by Gasteiger charge is -2.24. The minimum absolute atomic E-state index is 0.312. The van der Waals surface area contributed by atoms with Crippen molar-refractivity contribution in [2.45, 2.75) is 39.1 Å². The van der Waals surface area contributed by atoms with Crippen LogP contribution in [-0.4, -0.2) is 14.4 Å². The molecule has 1 aliphatic carbocycles. The van der Waals surface area contributed by atoms with E-state index >= 15 is 0 Å². The third kappa shape index (κ3) is 2.95. The van der Waals surface area contributed by atoms with E-state index in [1.54, 1.807) is 0 Å². The number of allylic oxidation sites excluding steroid dienone is 3. The van der Waals surface area contributed by atoms with Crippen LogP contribution in [0.2, 0.25) is 19.6 Å². The Morgan fingerprint density at radius 1 is 1.42 bits per heavy atom. The van der Waals surface area contributed by atoms with Gasteiger partial charge in [-0.25, -0.2) is 0 Å². The van der Waals surface area contributed by atoms with Crippen molar-refractivity contribution in [1.29, 1.82) is 0 Å². The molecule has 1 nitrogen and oxygen atoms in total. The van der Waals surface area contributed by atoms with Crippen LogP contribution in [0.4, 0.5) is 0 Å². The molecule has 0 spiro atoms. The van der Waals surface area contributed by atoms with Gasteiger partial charge in [-0.15, -0.1) is 0 Å². The second-order valence-electron chi connectivity index (χ2n) is 4.25. The normalized spacial score (nSPS) is 19.5. The fourth-order valence-corrected chi connectivity index (χ4v) is 2.58. The van der Waals surface area contributed by atoms with E-state index < -0.39 is 8.32 Å². The predicted molar refractivity (Wildman–Crippen MR) is 55.7 cm³/mol. The van der Waals surface area contributed by atoms with Crippen molar-refractivity contribution < 1.29 is 4.43 Å². The lowest BCUT2D eigenvalue weighted by molar-refractivity contribution is 0.248. The van der Waals surface area contributed by atoms with Gasteiger partial charge in [0.1, 0.15) is 0 Å². The van der Waals surface area contributed by atoms with E-state index in [-0.39, 0.29) is 0 Å². The second-order valence-corrected chi connectivity index (χ2v) is 8.71. The van der Waals surface area contributed by atoms with Gasteiger partial charge in [0.2, 0.25) is 0 Å². The van der Waals surface area contributed by atoms with Gasteiger partial charge >= 0.3 is 0 Å². The zero-order valence-corrected chi connectivity index (χ0v) is 9.42. The van der Waals surface area contributed by atoms with E-state index in [1.807, 2.05) is 0 Å². The van der Waals surface area contributed by atoms with Gasteiger partial charge in [-0.3, -0.25) is 0 Å². The van der Waals surface area contributed by atoms with Crippen LogP contribution in [0.3, 0.4) is 0 Å². The summed E-state index contributed by atoms with van der Waals surface area (Å²) >= 11 is 0. The highest BCUT2D eigenvalue weighted by molar-refractivity contribution is 6.69. The molecule has 0 radical (unpaired) electrons. The first kappa shape index (κ1) is 9.74. The smallest absolute Gasteiger partial charge is 0.184 e. The summed E-state index contributed by atoms with van der Waals surface area (Å²) in [7, 11) is -1.36. The standard InChI is InChI=1S/C10H18OSi/c1-9(11-12(2,3)4)10-7-5-6-8-10/h5-7,9H,8H2,1-4H3. The maximum atomic E-state index is 5.95. The van der Waals surface area contributed by atoms with Crippen molar-refractivity contribution in [1.82, 2.24) is 0 Å². The van der Waals surface area contributed by atoms with Crippen molar-refractivity contribution in [3.05, 3.63) is 23.8 Å². The summed E-state index contributed by atoms with van der Waals surface area (Å²) < 4.78 is 5.95. The summed E-state index contributed by atoms with van der Waals surface area (Å²) in [6, 6.07) is 0. The van der Waals surface area contributed by atoms with E-state index in [4.69, 9.17) is 4.43 Å². The number of hydrogen-bond acceptors (Lipinski definition) is 1. The molecule has 2 heteroatoms.